The highest BCUT2D eigenvalue weighted by atomic mass is 32.1. The maximum Gasteiger partial charge on any atom is 0.240 e. The molecule has 3 heterocycles. The van der Waals surface area contributed by atoms with Gasteiger partial charge in [-0.1, -0.05) is 13.8 Å². The molecule has 46 heavy (non-hydrogen) atoms. The van der Waals surface area contributed by atoms with Crippen molar-refractivity contribution in [2.24, 2.45) is 5.41 Å². The molecule has 12 heteroatoms. The first-order valence-corrected chi connectivity index (χ1v) is 15.7. The lowest BCUT2D eigenvalue weighted by atomic mass is 10.0. The minimum atomic E-state index is -1.27. The third-order valence-corrected chi connectivity index (χ3v) is 8.35. The Kier molecular flexibility index (Phi) is 10.4. The zero-order chi connectivity index (χ0) is 32.7. The zero-order valence-electron chi connectivity index (χ0n) is 25.6. The molecule has 1 fully saturated rings. The fourth-order valence-corrected chi connectivity index (χ4v) is 5.63. The number of pyridine rings is 1. The summed E-state index contributed by atoms with van der Waals surface area (Å²) in [4.78, 5) is 31.1. The lowest BCUT2D eigenvalue weighted by Crippen LogP contribution is -2.35. The van der Waals surface area contributed by atoms with Crippen molar-refractivity contribution in [2.75, 3.05) is 30.9 Å². The van der Waals surface area contributed by atoms with E-state index in [-0.39, 0.29) is 11.4 Å². The van der Waals surface area contributed by atoms with Crippen LogP contribution in [0.2, 0.25) is 0 Å². The summed E-state index contributed by atoms with van der Waals surface area (Å²) in [5.74, 6) is -0.311. The van der Waals surface area contributed by atoms with Gasteiger partial charge in [0.2, 0.25) is 11.8 Å². The molecule has 3 aromatic heterocycles. The number of hydrogen-bond donors (Lipinski definition) is 3. The number of carbonyl (C=O) groups is 2. The minimum absolute atomic E-state index is 0.0388. The summed E-state index contributed by atoms with van der Waals surface area (Å²) in [6.07, 6.45) is 2.28. The predicted octanol–water partition coefficient (Wildman–Crippen LogP) is 7.75. The number of nitrogens with zero attached hydrogens (tertiary/aromatic N) is 1. The van der Waals surface area contributed by atoms with Gasteiger partial charge in [0.15, 0.2) is 11.6 Å². The van der Waals surface area contributed by atoms with Gasteiger partial charge in [0.1, 0.15) is 28.5 Å². The second-order valence-electron chi connectivity index (χ2n) is 10.3. The quantitative estimate of drug-likeness (QED) is 0.0936. The maximum absolute atomic E-state index is 15.2. The second-order valence-corrected chi connectivity index (χ2v) is 11.4. The smallest absolute Gasteiger partial charge is 0.240 e. The van der Waals surface area contributed by atoms with Crippen LogP contribution in [0, 0.1) is 17.0 Å². The monoisotopic (exact) mass is 648 g/mol. The maximum atomic E-state index is 15.2. The van der Waals surface area contributed by atoms with Gasteiger partial charge >= 0.3 is 0 Å². The molecule has 1 saturated carbocycles. The number of ether oxygens (including phenoxy) is 2. The second kappa shape index (κ2) is 14.6. The number of nitrogens with one attached hydrogen (secondary N) is 3. The molecule has 0 saturated heterocycles. The fraction of sp³-hybridized carbons (Fsp3) is 0.265. The molecule has 2 amide bonds. The van der Waals surface area contributed by atoms with E-state index >= 15 is 4.39 Å². The van der Waals surface area contributed by atoms with Gasteiger partial charge in [-0.3, -0.25) is 14.6 Å². The van der Waals surface area contributed by atoms with Gasteiger partial charge in [-0.2, -0.15) is 0 Å². The molecule has 0 radical (unpaired) electrons. The first kappa shape index (κ1) is 32.7. The SMILES string of the molecule is CC.COCCNCc1ccc(-c2cc3nccc(Oc4ccc(NC(=O)C5(C(=O)Nc6ccc(F)cc6)CC5)cc4F)c3s2)o1. The van der Waals surface area contributed by atoms with Crippen LogP contribution >= 0.6 is 11.3 Å². The van der Waals surface area contributed by atoms with Crippen LogP contribution in [0.25, 0.3) is 20.9 Å². The molecule has 240 valence electrons. The van der Waals surface area contributed by atoms with Crippen LogP contribution in [0.15, 0.2) is 77.3 Å². The minimum Gasteiger partial charge on any atom is -0.459 e. The van der Waals surface area contributed by atoms with Gasteiger partial charge in [-0.25, -0.2) is 8.78 Å². The van der Waals surface area contributed by atoms with E-state index in [0.29, 0.717) is 55.3 Å². The predicted molar refractivity (Wildman–Crippen MR) is 174 cm³/mol. The van der Waals surface area contributed by atoms with Crippen molar-refractivity contribution in [1.82, 2.24) is 10.3 Å². The number of hydrogen-bond acceptors (Lipinski definition) is 8. The highest BCUT2D eigenvalue weighted by Gasteiger charge is 2.56. The van der Waals surface area contributed by atoms with Crippen molar-refractivity contribution in [2.45, 2.75) is 33.2 Å². The van der Waals surface area contributed by atoms with E-state index in [1.165, 1.54) is 47.7 Å². The number of amides is 2. The average molecular weight is 649 g/mol. The number of benzene rings is 2. The van der Waals surface area contributed by atoms with Crippen molar-refractivity contribution in [3.8, 4) is 22.1 Å². The highest BCUT2D eigenvalue weighted by Crippen LogP contribution is 2.48. The number of anilines is 2. The van der Waals surface area contributed by atoms with Gasteiger partial charge < -0.3 is 29.8 Å². The molecule has 0 spiro atoms. The summed E-state index contributed by atoms with van der Waals surface area (Å²) in [5, 5.41) is 8.53. The van der Waals surface area contributed by atoms with Crippen molar-refractivity contribution >= 4 is 44.7 Å². The lowest BCUT2D eigenvalue weighted by molar-refractivity contribution is -0.131. The highest BCUT2D eigenvalue weighted by molar-refractivity contribution is 7.22. The Bertz CT molecular complexity index is 1820. The molecular formula is C34H34F2N4O5S. The largest absolute Gasteiger partial charge is 0.459 e. The molecule has 3 N–H and O–H groups in total. The summed E-state index contributed by atoms with van der Waals surface area (Å²) < 4.78 is 46.0. The van der Waals surface area contributed by atoms with Crippen LogP contribution in [0.3, 0.4) is 0 Å². The number of thiophene rings is 1. The lowest BCUT2D eigenvalue weighted by Gasteiger charge is -2.16. The molecule has 0 atom stereocenters. The number of carbonyl (C=O) groups excluding carboxylic acids is 2. The van der Waals surface area contributed by atoms with E-state index in [0.717, 1.165) is 21.4 Å². The van der Waals surface area contributed by atoms with E-state index in [1.807, 2.05) is 32.0 Å². The van der Waals surface area contributed by atoms with Crippen LogP contribution in [0.5, 0.6) is 11.5 Å². The first-order valence-electron chi connectivity index (χ1n) is 14.9. The van der Waals surface area contributed by atoms with E-state index < -0.39 is 28.9 Å². The summed E-state index contributed by atoms with van der Waals surface area (Å²) >= 11 is 1.41. The summed E-state index contributed by atoms with van der Waals surface area (Å²) in [6, 6.07) is 16.7. The van der Waals surface area contributed by atoms with Crippen molar-refractivity contribution in [1.29, 1.82) is 0 Å². The molecule has 2 aromatic carbocycles. The molecule has 1 aliphatic carbocycles. The summed E-state index contributed by atoms with van der Waals surface area (Å²) in [7, 11) is 1.65. The molecule has 0 unspecified atom stereocenters. The van der Waals surface area contributed by atoms with E-state index in [1.54, 1.807) is 19.4 Å². The Hall–Kier alpha value is -4.65. The average Bonchev–Trinajstić information content (AvgIpc) is 3.55. The molecule has 5 aromatic rings. The normalized spacial score (nSPS) is 13.1. The molecule has 1 aliphatic rings. The van der Waals surface area contributed by atoms with E-state index in [9.17, 15) is 14.0 Å². The first-order chi connectivity index (χ1) is 22.3. The van der Waals surface area contributed by atoms with Crippen LogP contribution in [0.4, 0.5) is 20.2 Å². The third kappa shape index (κ3) is 7.41. The Balaban J connectivity index is 0.00000204. The van der Waals surface area contributed by atoms with Gasteiger partial charge in [0.25, 0.3) is 0 Å². The Morgan fingerprint density at radius 1 is 0.935 bits per heavy atom. The van der Waals surface area contributed by atoms with Crippen molar-refractivity contribution in [3.05, 3.63) is 90.3 Å². The third-order valence-electron chi connectivity index (χ3n) is 7.19. The number of aromatic nitrogens is 1. The molecule has 6 rings (SSSR count). The zero-order valence-corrected chi connectivity index (χ0v) is 26.4. The topological polar surface area (TPSA) is 115 Å². The summed E-state index contributed by atoms with van der Waals surface area (Å²) in [5.41, 5.74) is -0.0264. The number of halogens is 2. The Labute approximate surface area is 268 Å². The summed E-state index contributed by atoms with van der Waals surface area (Å²) in [6.45, 7) is 5.89. The molecule has 9 nitrogen and oxygen atoms in total. The standard InChI is InChI=1S/C32H28F2N4O5S.C2H6/c1-41-15-14-35-18-22-7-9-26(42-22)28-17-24-29(44-28)27(10-13-36-24)43-25-8-6-21(16-23(25)34)38-31(40)32(11-12-32)30(39)37-20-4-2-19(33)3-5-20;1-2/h2-10,13,16-17,35H,11-12,14-15,18H2,1H3,(H,37,39)(H,38,40);1-2H3. The number of furan rings is 1. The van der Waals surface area contributed by atoms with Gasteiger partial charge in [0, 0.05) is 43.4 Å². The number of rotatable bonds is 12. The number of methoxy groups -OCH3 is 1. The van der Waals surface area contributed by atoms with Gasteiger partial charge in [0.05, 0.1) is 28.2 Å². The molecule has 0 bridgehead atoms. The molecule has 0 aliphatic heterocycles. The van der Waals surface area contributed by atoms with Crippen LogP contribution < -0.4 is 20.7 Å². The van der Waals surface area contributed by atoms with Gasteiger partial charge in [-0.15, -0.1) is 11.3 Å². The van der Waals surface area contributed by atoms with Gasteiger partial charge in [-0.05, 0) is 67.4 Å². The van der Waals surface area contributed by atoms with Crippen LogP contribution in [0.1, 0.15) is 32.4 Å². The van der Waals surface area contributed by atoms with Crippen molar-refractivity contribution in [3.63, 3.8) is 0 Å². The molecular weight excluding hydrogens is 614 g/mol. The Morgan fingerprint density at radius 3 is 2.35 bits per heavy atom. The van der Waals surface area contributed by atoms with E-state index in [2.05, 4.69) is 20.9 Å². The van der Waals surface area contributed by atoms with Crippen molar-refractivity contribution < 1.29 is 32.3 Å². The number of fused-ring (bicyclic) bond motifs is 1. The Morgan fingerprint density at radius 2 is 1.65 bits per heavy atom. The van der Waals surface area contributed by atoms with Crippen LogP contribution in [-0.2, 0) is 20.9 Å². The van der Waals surface area contributed by atoms with Crippen LogP contribution in [-0.4, -0.2) is 37.1 Å². The van der Waals surface area contributed by atoms with E-state index in [4.69, 9.17) is 13.9 Å². The fourth-order valence-electron chi connectivity index (χ4n) is 4.60.